The van der Waals surface area contributed by atoms with Crippen LogP contribution in [0, 0.1) is 0 Å². The van der Waals surface area contributed by atoms with Crippen molar-refractivity contribution >= 4 is 47.0 Å². The molecule has 1 saturated carbocycles. The molecule has 0 amide bonds. The van der Waals surface area contributed by atoms with Gasteiger partial charge in [-0.1, -0.05) is 112 Å². The van der Waals surface area contributed by atoms with E-state index in [4.69, 9.17) is 19.9 Å². The molecule has 1 aliphatic carbocycles. The average Bonchev–Trinajstić information content (AvgIpc) is 2.94. The lowest BCUT2D eigenvalue weighted by Gasteiger charge is -2.52. The van der Waals surface area contributed by atoms with Gasteiger partial charge in [0.25, 0.3) is 0 Å². The first kappa shape index (κ1) is 29.5. The van der Waals surface area contributed by atoms with E-state index >= 15 is 0 Å². The van der Waals surface area contributed by atoms with E-state index in [1.54, 1.807) is 47.0 Å². The highest BCUT2D eigenvalue weighted by atomic mass is 32.2. The third kappa shape index (κ3) is 6.56. The highest BCUT2D eigenvalue weighted by Crippen LogP contribution is 2.66. The zero-order valence-corrected chi connectivity index (χ0v) is 26.8. The van der Waals surface area contributed by atoms with E-state index in [2.05, 4.69) is 100 Å². The third-order valence-electron chi connectivity index (χ3n) is 7.13. The Labute approximate surface area is 255 Å². The maximum Gasteiger partial charge on any atom is 0.188 e. The smallest absolute Gasteiger partial charge is 0.188 e. The van der Waals surface area contributed by atoms with Gasteiger partial charge in [-0.15, -0.1) is 23.5 Å². The molecule has 8 heteroatoms. The first-order valence-electron chi connectivity index (χ1n) is 14.1. The van der Waals surface area contributed by atoms with Crippen LogP contribution in [-0.2, 0) is 0 Å². The molecule has 2 aromatic carbocycles. The molecule has 2 aromatic heterocycles. The number of rotatable bonds is 12. The molecule has 40 heavy (non-hydrogen) atoms. The van der Waals surface area contributed by atoms with Gasteiger partial charge in [0.1, 0.15) is 10.1 Å². The summed E-state index contributed by atoms with van der Waals surface area (Å²) in [5.74, 6) is 4.79. The standard InChI is InChI=1S/C32H36N4S4/c1-5-37-25-19-23(33-31(35-25)39-7-3)29-27(21-15-11-9-12-16-21)30(28(29)22-17-13-10-14-18-22)24-20-26(38-6-2)36-32(34-24)40-8-4/h9-20,27-30H,5-8H2,1-4H3. The molecule has 2 heterocycles. The minimum Gasteiger partial charge on any atom is -0.227 e. The Bertz CT molecular complexity index is 1220. The molecule has 208 valence electrons. The lowest BCUT2D eigenvalue weighted by molar-refractivity contribution is 0.217. The number of hydrogen-bond donors (Lipinski definition) is 0. The van der Waals surface area contributed by atoms with Gasteiger partial charge in [-0.3, -0.25) is 0 Å². The molecule has 0 aliphatic heterocycles. The fourth-order valence-electron chi connectivity index (χ4n) is 5.68. The van der Waals surface area contributed by atoms with Gasteiger partial charge in [0.15, 0.2) is 10.3 Å². The van der Waals surface area contributed by atoms with Crippen molar-refractivity contribution in [3.8, 4) is 0 Å². The highest BCUT2D eigenvalue weighted by Gasteiger charge is 2.54. The van der Waals surface area contributed by atoms with Gasteiger partial charge in [-0.25, -0.2) is 19.9 Å². The molecule has 1 aliphatic rings. The number of aromatic nitrogens is 4. The van der Waals surface area contributed by atoms with Crippen LogP contribution in [0.2, 0.25) is 0 Å². The quantitative estimate of drug-likeness (QED) is 0.0901. The molecule has 4 nitrogen and oxygen atoms in total. The molecular weight excluding hydrogens is 569 g/mol. The average molecular weight is 605 g/mol. The second-order valence-electron chi connectivity index (χ2n) is 9.48. The van der Waals surface area contributed by atoms with Gasteiger partial charge in [-0.05, 0) is 46.3 Å². The first-order valence-corrected chi connectivity index (χ1v) is 18.0. The van der Waals surface area contributed by atoms with E-state index in [1.807, 2.05) is 0 Å². The van der Waals surface area contributed by atoms with E-state index < -0.39 is 0 Å². The van der Waals surface area contributed by atoms with Crippen LogP contribution in [0.25, 0.3) is 0 Å². The third-order valence-corrected chi connectivity index (χ3v) is 10.2. The van der Waals surface area contributed by atoms with E-state index in [9.17, 15) is 0 Å². The molecular formula is C32H36N4S4. The summed E-state index contributed by atoms with van der Waals surface area (Å²) in [6, 6.07) is 26.5. The van der Waals surface area contributed by atoms with Gasteiger partial charge in [0.2, 0.25) is 0 Å². The van der Waals surface area contributed by atoms with Crippen molar-refractivity contribution in [2.45, 2.75) is 71.7 Å². The number of hydrogen-bond acceptors (Lipinski definition) is 8. The van der Waals surface area contributed by atoms with Crippen molar-refractivity contribution in [3.63, 3.8) is 0 Å². The lowest BCUT2D eigenvalue weighted by Crippen LogP contribution is -2.41. The van der Waals surface area contributed by atoms with Crippen LogP contribution >= 0.6 is 47.0 Å². The largest absolute Gasteiger partial charge is 0.227 e. The predicted octanol–water partition coefficient (Wildman–Crippen LogP) is 9.16. The molecule has 0 N–H and O–H groups in total. The first-order chi connectivity index (χ1) is 19.7. The molecule has 1 fully saturated rings. The van der Waals surface area contributed by atoms with Crippen LogP contribution < -0.4 is 0 Å². The van der Waals surface area contributed by atoms with Crippen molar-refractivity contribution in [1.82, 2.24) is 19.9 Å². The normalized spacial score (nSPS) is 20.3. The molecule has 0 saturated heterocycles. The Hall–Kier alpha value is -2.00. The Balaban J connectivity index is 1.70. The highest BCUT2D eigenvalue weighted by molar-refractivity contribution is 8.00. The molecule has 0 radical (unpaired) electrons. The second kappa shape index (κ2) is 14.3. The van der Waals surface area contributed by atoms with Gasteiger partial charge in [0, 0.05) is 23.7 Å². The Morgan fingerprint density at radius 2 is 0.850 bits per heavy atom. The van der Waals surface area contributed by atoms with Crippen LogP contribution in [0.15, 0.2) is 93.2 Å². The zero-order valence-electron chi connectivity index (χ0n) is 23.5. The number of thioether (sulfide) groups is 4. The van der Waals surface area contributed by atoms with Crippen LogP contribution in [0.5, 0.6) is 0 Å². The zero-order chi connectivity index (χ0) is 27.9. The maximum absolute atomic E-state index is 5.20. The van der Waals surface area contributed by atoms with Crippen molar-refractivity contribution in [2.75, 3.05) is 23.0 Å². The molecule has 0 atom stereocenters. The van der Waals surface area contributed by atoms with Crippen molar-refractivity contribution in [1.29, 1.82) is 0 Å². The number of benzene rings is 2. The molecule has 0 bridgehead atoms. The van der Waals surface area contributed by atoms with E-state index in [0.717, 1.165) is 54.8 Å². The monoisotopic (exact) mass is 604 g/mol. The Morgan fingerprint density at radius 3 is 1.20 bits per heavy atom. The fraction of sp³-hybridized carbons (Fsp3) is 0.375. The van der Waals surface area contributed by atoms with Gasteiger partial charge in [0.05, 0.1) is 11.4 Å². The topological polar surface area (TPSA) is 51.6 Å². The lowest BCUT2D eigenvalue weighted by atomic mass is 9.50. The van der Waals surface area contributed by atoms with E-state index in [-0.39, 0.29) is 23.7 Å². The van der Waals surface area contributed by atoms with E-state index in [1.165, 1.54) is 11.1 Å². The van der Waals surface area contributed by atoms with E-state index in [0.29, 0.717) is 0 Å². The minimum atomic E-state index is 0.213. The van der Waals surface area contributed by atoms with Crippen molar-refractivity contribution in [3.05, 3.63) is 95.3 Å². The fourth-order valence-corrected chi connectivity index (χ4v) is 8.28. The van der Waals surface area contributed by atoms with Gasteiger partial charge in [-0.2, -0.15) is 0 Å². The van der Waals surface area contributed by atoms with Gasteiger partial charge < -0.3 is 0 Å². The Kier molecular flexibility index (Phi) is 10.5. The summed E-state index contributed by atoms with van der Waals surface area (Å²) >= 11 is 7.05. The molecule has 0 spiro atoms. The predicted molar refractivity (Wildman–Crippen MR) is 174 cm³/mol. The summed E-state index contributed by atoms with van der Waals surface area (Å²) in [4.78, 5) is 20.2. The van der Waals surface area contributed by atoms with Crippen molar-refractivity contribution < 1.29 is 0 Å². The van der Waals surface area contributed by atoms with Crippen LogP contribution in [0.4, 0.5) is 0 Å². The summed E-state index contributed by atoms with van der Waals surface area (Å²) in [6.45, 7) is 8.70. The maximum atomic E-state index is 5.20. The second-order valence-corrected chi connectivity index (χ2v) is 14.5. The summed E-state index contributed by atoms with van der Waals surface area (Å²) in [7, 11) is 0. The van der Waals surface area contributed by atoms with Crippen LogP contribution in [0.3, 0.4) is 0 Å². The van der Waals surface area contributed by atoms with Crippen LogP contribution in [-0.4, -0.2) is 42.9 Å². The molecule has 0 unspecified atom stereocenters. The molecule has 5 rings (SSSR count). The summed E-state index contributed by atoms with van der Waals surface area (Å²) in [5, 5.41) is 3.89. The Morgan fingerprint density at radius 1 is 0.475 bits per heavy atom. The molecule has 4 aromatic rings. The van der Waals surface area contributed by atoms with Crippen molar-refractivity contribution in [2.24, 2.45) is 0 Å². The van der Waals surface area contributed by atoms with Crippen LogP contribution in [0.1, 0.15) is 73.9 Å². The summed E-state index contributed by atoms with van der Waals surface area (Å²) < 4.78 is 0. The van der Waals surface area contributed by atoms with Gasteiger partial charge >= 0.3 is 0 Å². The summed E-state index contributed by atoms with van der Waals surface area (Å²) in [5.41, 5.74) is 4.96. The number of nitrogens with zero attached hydrogens (tertiary/aromatic N) is 4. The minimum absolute atomic E-state index is 0.213. The SMILES string of the molecule is CCSc1cc(C2C(c3ccccc3)C(c3cc(SCC)nc(SCC)n3)C2c2ccccc2)nc(SCC)n1. The summed E-state index contributed by atoms with van der Waals surface area (Å²) in [6.07, 6.45) is 0.